The molecule has 1 unspecified atom stereocenters. The molecular weight excluding hydrogens is 362 g/mol. The van der Waals surface area contributed by atoms with Crippen LogP contribution in [0.3, 0.4) is 0 Å². The van der Waals surface area contributed by atoms with Crippen LogP contribution in [0.15, 0.2) is 48.7 Å². The summed E-state index contributed by atoms with van der Waals surface area (Å²) in [7, 11) is 1.64. The van der Waals surface area contributed by atoms with E-state index in [1.54, 1.807) is 19.4 Å². The standard InChI is InChI=1S/C21H20ClN3O2/c1-13-4-5-14(2)25(13)20-17-10-16(27-3)7-8-18(17)24(21(20)26)12-15-6-9-19(22)23-11-15/h4-11,20H,12H2,1-3H3. The van der Waals surface area contributed by atoms with Crippen molar-refractivity contribution < 1.29 is 9.53 Å². The van der Waals surface area contributed by atoms with Gasteiger partial charge < -0.3 is 14.2 Å². The largest absolute Gasteiger partial charge is 0.497 e. The molecule has 5 nitrogen and oxygen atoms in total. The number of anilines is 1. The van der Waals surface area contributed by atoms with Crippen molar-refractivity contribution >= 4 is 23.2 Å². The number of hydrogen-bond donors (Lipinski definition) is 0. The summed E-state index contributed by atoms with van der Waals surface area (Å²) < 4.78 is 7.49. The highest BCUT2D eigenvalue weighted by Crippen LogP contribution is 2.42. The Morgan fingerprint density at radius 2 is 1.85 bits per heavy atom. The third-order valence-electron chi connectivity index (χ3n) is 5.03. The van der Waals surface area contributed by atoms with Crippen LogP contribution in [0.2, 0.25) is 5.15 Å². The summed E-state index contributed by atoms with van der Waals surface area (Å²) in [6.45, 7) is 4.48. The van der Waals surface area contributed by atoms with Crippen LogP contribution in [-0.4, -0.2) is 22.6 Å². The highest BCUT2D eigenvalue weighted by Gasteiger charge is 2.39. The number of hydrogen-bond acceptors (Lipinski definition) is 3. The number of rotatable bonds is 4. The van der Waals surface area contributed by atoms with E-state index in [1.165, 1.54) is 0 Å². The number of halogens is 1. The van der Waals surface area contributed by atoms with E-state index in [-0.39, 0.29) is 5.91 Å². The van der Waals surface area contributed by atoms with Crippen molar-refractivity contribution in [2.45, 2.75) is 26.4 Å². The van der Waals surface area contributed by atoms with E-state index in [2.05, 4.69) is 9.55 Å². The SMILES string of the molecule is COc1ccc2c(c1)C(n1c(C)ccc1C)C(=O)N2Cc1ccc(Cl)nc1. The van der Waals surface area contributed by atoms with E-state index < -0.39 is 6.04 Å². The second-order valence-electron chi connectivity index (χ2n) is 6.73. The number of carbonyl (C=O) groups is 1. The predicted octanol–water partition coefficient (Wildman–Crippen LogP) is 4.30. The maximum Gasteiger partial charge on any atom is 0.255 e. The van der Waals surface area contributed by atoms with E-state index in [0.29, 0.717) is 11.7 Å². The minimum absolute atomic E-state index is 0.0376. The number of aryl methyl sites for hydroxylation is 2. The quantitative estimate of drug-likeness (QED) is 0.633. The number of amides is 1. The third kappa shape index (κ3) is 2.98. The molecule has 0 bridgehead atoms. The van der Waals surface area contributed by atoms with Gasteiger partial charge in [0, 0.05) is 23.1 Å². The zero-order valence-electron chi connectivity index (χ0n) is 15.4. The van der Waals surface area contributed by atoms with Gasteiger partial charge in [0.25, 0.3) is 5.91 Å². The van der Waals surface area contributed by atoms with Crippen LogP contribution >= 0.6 is 11.6 Å². The van der Waals surface area contributed by atoms with Gasteiger partial charge in [0.15, 0.2) is 0 Å². The molecule has 0 fully saturated rings. The number of pyridine rings is 1. The van der Waals surface area contributed by atoms with Crippen molar-refractivity contribution in [3.8, 4) is 5.75 Å². The third-order valence-corrected chi connectivity index (χ3v) is 5.26. The topological polar surface area (TPSA) is 47.4 Å². The van der Waals surface area contributed by atoms with Crippen LogP contribution < -0.4 is 9.64 Å². The molecule has 0 spiro atoms. The molecule has 0 saturated carbocycles. The van der Waals surface area contributed by atoms with Gasteiger partial charge in [-0.2, -0.15) is 0 Å². The van der Waals surface area contributed by atoms with Gasteiger partial charge in [-0.1, -0.05) is 17.7 Å². The minimum Gasteiger partial charge on any atom is -0.497 e. The Morgan fingerprint density at radius 1 is 1.11 bits per heavy atom. The van der Waals surface area contributed by atoms with Crippen LogP contribution in [0.1, 0.15) is 28.6 Å². The average Bonchev–Trinajstić information content (AvgIpc) is 3.13. The number of ether oxygens (including phenoxy) is 1. The first-order chi connectivity index (χ1) is 13.0. The van der Waals surface area contributed by atoms with E-state index in [0.717, 1.165) is 34.0 Å². The van der Waals surface area contributed by atoms with Crippen molar-refractivity contribution in [3.05, 3.63) is 76.3 Å². The molecule has 4 rings (SSSR count). The van der Waals surface area contributed by atoms with Gasteiger partial charge in [0.05, 0.1) is 19.3 Å². The molecule has 0 radical (unpaired) electrons. The molecule has 0 aliphatic carbocycles. The second-order valence-corrected chi connectivity index (χ2v) is 7.11. The lowest BCUT2D eigenvalue weighted by atomic mass is 10.1. The Hall–Kier alpha value is -2.79. The second kappa shape index (κ2) is 6.74. The predicted molar refractivity (Wildman–Crippen MR) is 105 cm³/mol. The molecule has 27 heavy (non-hydrogen) atoms. The van der Waals surface area contributed by atoms with Crippen LogP contribution in [0, 0.1) is 13.8 Å². The fourth-order valence-electron chi connectivity index (χ4n) is 3.71. The van der Waals surface area contributed by atoms with Crippen LogP contribution in [0.25, 0.3) is 0 Å². The molecule has 3 aromatic rings. The Bertz CT molecular complexity index is 991. The maximum absolute atomic E-state index is 13.5. The summed E-state index contributed by atoms with van der Waals surface area (Å²) in [5, 5.41) is 0.438. The van der Waals surface area contributed by atoms with E-state index in [1.807, 2.05) is 55.1 Å². The number of carbonyl (C=O) groups excluding carboxylic acids is 1. The zero-order valence-corrected chi connectivity index (χ0v) is 16.2. The minimum atomic E-state index is -0.398. The van der Waals surface area contributed by atoms with Gasteiger partial charge in [-0.3, -0.25) is 4.79 Å². The Labute approximate surface area is 163 Å². The van der Waals surface area contributed by atoms with Crippen LogP contribution in [0.5, 0.6) is 5.75 Å². The molecule has 138 valence electrons. The van der Waals surface area contributed by atoms with Crippen molar-refractivity contribution in [1.82, 2.24) is 9.55 Å². The maximum atomic E-state index is 13.5. The summed E-state index contributed by atoms with van der Waals surface area (Å²) in [6, 6.07) is 13.1. The zero-order chi connectivity index (χ0) is 19.1. The number of methoxy groups -OCH3 is 1. The highest BCUT2D eigenvalue weighted by atomic mass is 35.5. The van der Waals surface area contributed by atoms with Crippen LogP contribution in [0.4, 0.5) is 5.69 Å². The molecule has 3 heterocycles. The summed E-state index contributed by atoms with van der Waals surface area (Å²) in [5.74, 6) is 0.777. The summed E-state index contributed by atoms with van der Waals surface area (Å²) in [6.07, 6.45) is 1.71. The lowest BCUT2D eigenvalue weighted by Gasteiger charge is -2.20. The van der Waals surface area contributed by atoms with Gasteiger partial charge in [0.1, 0.15) is 16.9 Å². The fraction of sp³-hybridized carbons (Fsp3) is 0.238. The van der Waals surface area contributed by atoms with Gasteiger partial charge in [-0.15, -0.1) is 0 Å². The molecule has 1 aromatic carbocycles. The molecule has 1 aliphatic rings. The van der Waals surface area contributed by atoms with Crippen LogP contribution in [-0.2, 0) is 11.3 Å². The Kier molecular flexibility index (Phi) is 4.40. The van der Waals surface area contributed by atoms with Gasteiger partial charge in [0.2, 0.25) is 0 Å². The van der Waals surface area contributed by atoms with Crippen molar-refractivity contribution in [2.75, 3.05) is 12.0 Å². The molecular formula is C21H20ClN3O2. The van der Waals surface area contributed by atoms with E-state index >= 15 is 0 Å². The van der Waals surface area contributed by atoms with Crippen molar-refractivity contribution in [2.24, 2.45) is 0 Å². The number of fused-ring (bicyclic) bond motifs is 1. The molecule has 0 saturated heterocycles. The number of aromatic nitrogens is 2. The Morgan fingerprint density at radius 3 is 2.48 bits per heavy atom. The molecule has 1 aliphatic heterocycles. The van der Waals surface area contributed by atoms with E-state index in [9.17, 15) is 4.79 Å². The summed E-state index contributed by atoms with van der Waals surface area (Å²) in [4.78, 5) is 19.4. The average molecular weight is 382 g/mol. The molecule has 6 heteroatoms. The lowest BCUT2D eigenvalue weighted by molar-refractivity contribution is -0.120. The number of benzene rings is 1. The molecule has 1 atom stereocenters. The lowest BCUT2D eigenvalue weighted by Crippen LogP contribution is -2.31. The van der Waals surface area contributed by atoms with E-state index in [4.69, 9.17) is 16.3 Å². The monoisotopic (exact) mass is 381 g/mol. The highest BCUT2D eigenvalue weighted by molar-refractivity contribution is 6.29. The van der Waals surface area contributed by atoms with Crippen molar-refractivity contribution in [1.29, 1.82) is 0 Å². The molecule has 0 N–H and O–H groups in total. The first-order valence-corrected chi connectivity index (χ1v) is 9.11. The Balaban J connectivity index is 1.81. The molecule has 1 amide bonds. The normalized spacial score (nSPS) is 15.9. The smallest absolute Gasteiger partial charge is 0.255 e. The van der Waals surface area contributed by atoms with Crippen molar-refractivity contribution in [3.63, 3.8) is 0 Å². The summed E-state index contributed by atoms with van der Waals surface area (Å²) in [5.41, 5.74) is 4.87. The van der Waals surface area contributed by atoms with Gasteiger partial charge >= 0.3 is 0 Å². The first kappa shape index (κ1) is 17.6. The number of nitrogens with zero attached hydrogens (tertiary/aromatic N) is 3. The fourth-order valence-corrected chi connectivity index (χ4v) is 3.82. The summed E-state index contributed by atoms with van der Waals surface area (Å²) >= 11 is 5.89. The molecule has 2 aromatic heterocycles. The first-order valence-electron chi connectivity index (χ1n) is 8.74. The van der Waals surface area contributed by atoms with Gasteiger partial charge in [-0.25, -0.2) is 4.98 Å². The van der Waals surface area contributed by atoms with Gasteiger partial charge in [-0.05, 0) is 55.8 Å².